The van der Waals surface area contributed by atoms with Crippen LogP contribution >= 0.6 is 11.6 Å². The number of nitrogens with one attached hydrogen (secondary N) is 1. The molecule has 2 amide bonds. The molecular weight excluding hydrogens is 488 g/mol. The molecular formula is C30H31ClN2O4. The molecule has 3 aromatic rings. The number of nitrogens with zero attached hydrogens (tertiary/aromatic N) is 1. The number of ether oxygens (including phenoxy) is 1. The van der Waals surface area contributed by atoms with Gasteiger partial charge in [-0.3, -0.25) is 14.4 Å². The maximum absolute atomic E-state index is 13.7. The number of esters is 1. The molecule has 37 heavy (non-hydrogen) atoms. The minimum Gasteiger partial charge on any atom is -0.457 e. The second kappa shape index (κ2) is 11.6. The third-order valence-electron chi connectivity index (χ3n) is 6.55. The molecule has 1 aliphatic heterocycles. The van der Waals surface area contributed by atoms with Crippen molar-refractivity contribution in [1.82, 2.24) is 0 Å². The summed E-state index contributed by atoms with van der Waals surface area (Å²) >= 11 is 6.30. The molecule has 7 heteroatoms. The highest BCUT2D eigenvalue weighted by atomic mass is 35.5. The van der Waals surface area contributed by atoms with Gasteiger partial charge in [0.2, 0.25) is 0 Å². The summed E-state index contributed by atoms with van der Waals surface area (Å²) in [5.74, 6) is -0.602. The Morgan fingerprint density at radius 3 is 2.51 bits per heavy atom. The van der Waals surface area contributed by atoms with Crippen LogP contribution in [-0.4, -0.2) is 24.3 Å². The summed E-state index contributed by atoms with van der Waals surface area (Å²) in [7, 11) is 0. The summed E-state index contributed by atoms with van der Waals surface area (Å²) in [6.45, 7) is 6.16. The Morgan fingerprint density at radius 2 is 1.78 bits per heavy atom. The number of aryl methyl sites for hydroxylation is 2. The van der Waals surface area contributed by atoms with Gasteiger partial charge in [0.25, 0.3) is 11.8 Å². The zero-order chi connectivity index (χ0) is 26.5. The SMILES string of the molecule is CCCC(=O)OC1CCCN(C(=O)c2ccc(NC(=O)c3ccccc3C)cc2C)c2ccc(Cl)cc21. The van der Waals surface area contributed by atoms with E-state index in [4.69, 9.17) is 16.3 Å². The average molecular weight is 519 g/mol. The summed E-state index contributed by atoms with van der Waals surface area (Å²) < 4.78 is 5.77. The van der Waals surface area contributed by atoms with Crippen LogP contribution in [0.15, 0.2) is 60.7 Å². The van der Waals surface area contributed by atoms with E-state index in [2.05, 4.69) is 5.32 Å². The monoisotopic (exact) mass is 518 g/mol. The Labute approximate surface area is 222 Å². The molecule has 0 radical (unpaired) electrons. The lowest BCUT2D eigenvalue weighted by molar-refractivity contribution is -0.149. The van der Waals surface area contributed by atoms with Gasteiger partial charge in [-0.25, -0.2) is 0 Å². The smallest absolute Gasteiger partial charge is 0.306 e. The van der Waals surface area contributed by atoms with Gasteiger partial charge in [-0.15, -0.1) is 0 Å². The maximum Gasteiger partial charge on any atom is 0.306 e. The number of carbonyl (C=O) groups excluding carboxylic acids is 3. The van der Waals surface area contributed by atoms with Crippen LogP contribution in [0.3, 0.4) is 0 Å². The van der Waals surface area contributed by atoms with Crippen LogP contribution < -0.4 is 10.2 Å². The number of hydrogen-bond acceptors (Lipinski definition) is 4. The number of carbonyl (C=O) groups is 3. The Morgan fingerprint density at radius 1 is 1.00 bits per heavy atom. The molecule has 1 aliphatic rings. The summed E-state index contributed by atoms with van der Waals surface area (Å²) in [6, 6.07) is 18.0. The quantitative estimate of drug-likeness (QED) is 0.355. The molecule has 1 N–H and O–H groups in total. The Bertz CT molecular complexity index is 1340. The van der Waals surface area contributed by atoms with Gasteiger partial charge in [0.05, 0.1) is 5.69 Å². The molecule has 0 fully saturated rings. The van der Waals surface area contributed by atoms with Gasteiger partial charge in [0.1, 0.15) is 6.10 Å². The highest BCUT2D eigenvalue weighted by Crippen LogP contribution is 2.38. The van der Waals surface area contributed by atoms with Crippen LogP contribution in [0.2, 0.25) is 5.02 Å². The van der Waals surface area contributed by atoms with Crippen LogP contribution in [0, 0.1) is 13.8 Å². The average Bonchev–Trinajstić information content (AvgIpc) is 3.03. The Kier molecular flexibility index (Phi) is 8.29. The van der Waals surface area contributed by atoms with Crippen molar-refractivity contribution in [2.24, 2.45) is 0 Å². The number of amides is 2. The topological polar surface area (TPSA) is 75.7 Å². The highest BCUT2D eigenvalue weighted by Gasteiger charge is 2.30. The normalized spacial score (nSPS) is 14.9. The van der Waals surface area contributed by atoms with Crippen molar-refractivity contribution in [3.05, 3.63) is 93.5 Å². The first-order chi connectivity index (χ1) is 17.8. The van der Waals surface area contributed by atoms with Gasteiger partial charge >= 0.3 is 5.97 Å². The molecule has 0 saturated carbocycles. The van der Waals surface area contributed by atoms with E-state index in [-0.39, 0.29) is 17.8 Å². The minimum absolute atomic E-state index is 0.154. The number of hydrogen-bond donors (Lipinski definition) is 1. The van der Waals surface area contributed by atoms with E-state index >= 15 is 0 Å². The molecule has 0 aliphatic carbocycles. The lowest BCUT2D eigenvalue weighted by atomic mass is 10.0. The van der Waals surface area contributed by atoms with E-state index in [0.717, 1.165) is 16.7 Å². The largest absolute Gasteiger partial charge is 0.457 e. The van der Waals surface area contributed by atoms with Crippen molar-refractivity contribution >= 4 is 40.8 Å². The van der Waals surface area contributed by atoms with Crippen LogP contribution in [0.25, 0.3) is 0 Å². The predicted molar refractivity (Wildman–Crippen MR) is 146 cm³/mol. The summed E-state index contributed by atoms with van der Waals surface area (Å²) in [5, 5.41) is 3.45. The standard InChI is InChI=1S/C30H31ClN2O4/c1-4-8-28(34)37-27-11-7-16-33(26-15-12-21(31)18-25(26)27)30(36)24-14-13-22(17-20(24)3)32-29(35)23-10-6-5-9-19(23)2/h5-6,9-10,12-15,17-18,27H,4,7-8,11,16H2,1-3H3,(H,32,35). The van der Waals surface area contributed by atoms with Crippen LogP contribution in [0.1, 0.15) is 76.1 Å². The van der Waals surface area contributed by atoms with E-state index in [9.17, 15) is 14.4 Å². The van der Waals surface area contributed by atoms with Crippen molar-refractivity contribution in [3.63, 3.8) is 0 Å². The number of anilines is 2. The molecule has 1 heterocycles. The van der Waals surface area contributed by atoms with Gasteiger partial charge < -0.3 is 15.0 Å². The van der Waals surface area contributed by atoms with E-state index in [1.807, 2.05) is 45.0 Å². The van der Waals surface area contributed by atoms with Crippen molar-refractivity contribution in [2.45, 2.75) is 52.6 Å². The fraction of sp³-hybridized carbons (Fsp3) is 0.300. The lowest BCUT2D eigenvalue weighted by Gasteiger charge is -2.25. The summed E-state index contributed by atoms with van der Waals surface area (Å²) in [6.07, 6.45) is 1.88. The second-order valence-corrected chi connectivity index (χ2v) is 9.77. The van der Waals surface area contributed by atoms with E-state index < -0.39 is 6.10 Å². The summed E-state index contributed by atoms with van der Waals surface area (Å²) in [5.41, 5.74) is 4.83. The number of benzene rings is 3. The highest BCUT2D eigenvalue weighted by molar-refractivity contribution is 6.30. The van der Waals surface area contributed by atoms with Crippen molar-refractivity contribution in [1.29, 1.82) is 0 Å². The van der Waals surface area contributed by atoms with Gasteiger partial charge in [-0.2, -0.15) is 0 Å². The zero-order valence-electron chi connectivity index (χ0n) is 21.3. The van der Waals surface area contributed by atoms with E-state index in [1.54, 1.807) is 41.3 Å². The molecule has 1 unspecified atom stereocenters. The first-order valence-electron chi connectivity index (χ1n) is 12.6. The number of rotatable bonds is 6. The fourth-order valence-electron chi connectivity index (χ4n) is 4.65. The first kappa shape index (κ1) is 26.4. The maximum atomic E-state index is 13.7. The molecule has 0 saturated heterocycles. The molecule has 6 nitrogen and oxygen atoms in total. The van der Waals surface area contributed by atoms with E-state index in [1.165, 1.54) is 0 Å². The Hall–Kier alpha value is -3.64. The van der Waals surface area contributed by atoms with Crippen LogP contribution in [0.4, 0.5) is 11.4 Å². The van der Waals surface area contributed by atoms with Crippen molar-refractivity contribution < 1.29 is 19.1 Å². The Balaban J connectivity index is 1.59. The zero-order valence-corrected chi connectivity index (χ0v) is 22.1. The molecule has 192 valence electrons. The van der Waals surface area contributed by atoms with Crippen molar-refractivity contribution in [2.75, 3.05) is 16.8 Å². The molecule has 3 aromatic carbocycles. The third-order valence-corrected chi connectivity index (χ3v) is 6.79. The number of fused-ring (bicyclic) bond motifs is 1. The fourth-order valence-corrected chi connectivity index (χ4v) is 4.83. The number of halogens is 1. The van der Waals surface area contributed by atoms with Crippen molar-refractivity contribution in [3.8, 4) is 0 Å². The molecule has 0 bridgehead atoms. The van der Waals surface area contributed by atoms with Crippen LogP contribution in [-0.2, 0) is 9.53 Å². The van der Waals surface area contributed by atoms with Gasteiger partial charge in [0, 0.05) is 40.4 Å². The van der Waals surface area contributed by atoms with Gasteiger partial charge in [0.15, 0.2) is 0 Å². The van der Waals surface area contributed by atoms with Gasteiger partial charge in [-0.1, -0.05) is 36.7 Å². The third kappa shape index (κ3) is 6.03. The molecule has 0 spiro atoms. The summed E-state index contributed by atoms with van der Waals surface area (Å²) in [4.78, 5) is 40.5. The molecule has 4 rings (SSSR count). The van der Waals surface area contributed by atoms with Gasteiger partial charge in [-0.05, 0) is 86.7 Å². The first-order valence-corrected chi connectivity index (χ1v) is 12.9. The molecule has 0 aromatic heterocycles. The van der Waals surface area contributed by atoms with Crippen LogP contribution in [0.5, 0.6) is 0 Å². The molecule has 1 atom stereocenters. The van der Waals surface area contributed by atoms with E-state index in [0.29, 0.717) is 59.8 Å². The minimum atomic E-state index is -0.453. The lowest BCUT2D eigenvalue weighted by Crippen LogP contribution is -2.32. The predicted octanol–water partition coefficient (Wildman–Crippen LogP) is 7.03. The second-order valence-electron chi connectivity index (χ2n) is 9.33.